The van der Waals surface area contributed by atoms with Crippen molar-refractivity contribution in [1.82, 2.24) is 4.90 Å². The van der Waals surface area contributed by atoms with Gasteiger partial charge in [0.1, 0.15) is 0 Å². The zero-order valence-electron chi connectivity index (χ0n) is 18.5. The first-order valence-electron chi connectivity index (χ1n) is 11.1. The van der Waals surface area contributed by atoms with Crippen LogP contribution in [0.5, 0.6) is 0 Å². The second-order valence-electron chi connectivity index (χ2n) is 8.25. The molecule has 0 atom stereocenters. The molecule has 3 amide bonds. The van der Waals surface area contributed by atoms with Gasteiger partial charge in [-0.25, -0.2) is 0 Å². The number of nitrogens with zero attached hydrogens (tertiary/aromatic N) is 1. The fourth-order valence-corrected chi connectivity index (χ4v) is 4.66. The molecule has 0 aliphatic heterocycles. The van der Waals surface area contributed by atoms with Gasteiger partial charge >= 0.3 is 0 Å². The van der Waals surface area contributed by atoms with Crippen LogP contribution in [-0.2, 0) is 0 Å². The van der Waals surface area contributed by atoms with E-state index in [9.17, 15) is 14.4 Å². The van der Waals surface area contributed by atoms with Crippen molar-refractivity contribution in [2.45, 2.75) is 38.1 Å². The minimum atomic E-state index is -0.260. The maximum absolute atomic E-state index is 12.8. The Kier molecular flexibility index (Phi) is 7.19. The summed E-state index contributed by atoms with van der Waals surface area (Å²) in [6.07, 6.45) is 5.73. The van der Waals surface area contributed by atoms with Crippen molar-refractivity contribution in [2.24, 2.45) is 0 Å². The van der Waals surface area contributed by atoms with E-state index in [0.29, 0.717) is 33.4 Å². The summed E-state index contributed by atoms with van der Waals surface area (Å²) >= 11 is 1.37. The van der Waals surface area contributed by atoms with E-state index in [-0.39, 0.29) is 17.7 Å². The number of amides is 3. The zero-order valence-corrected chi connectivity index (χ0v) is 19.4. The summed E-state index contributed by atoms with van der Waals surface area (Å²) < 4.78 is 0. The number of carbonyl (C=O) groups excluding carboxylic acids is 3. The van der Waals surface area contributed by atoms with E-state index in [1.165, 1.54) is 30.6 Å². The van der Waals surface area contributed by atoms with E-state index in [1.54, 1.807) is 54.6 Å². The van der Waals surface area contributed by atoms with E-state index in [1.807, 2.05) is 23.4 Å². The van der Waals surface area contributed by atoms with Crippen LogP contribution in [0.25, 0.3) is 0 Å². The van der Waals surface area contributed by atoms with Crippen molar-refractivity contribution in [1.29, 1.82) is 0 Å². The normalized spacial score (nSPS) is 13.8. The van der Waals surface area contributed by atoms with Gasteiger partial charge in [0.2, 0.25) is 0 Å². The highest BCUT2D eigenvalue weighted by atomic mass is 32.1. The van der Waals surface area contributed by atoms with Gasteiger partial charge in [0.05, 0.1) is 4.88 Å². The lowest BCUT2D eigenvalue weighted by atomic mass is 9.94. The lowest BCUT2D eigenvalue weighted by molar-refractivity contribution is 0.0696. The molecule has 0 radical (unpaired) electrons. The fourth-order valence-electron chi connectivity index (χ4n) is 4.04. The molecule has 33 heavy (non-hydrogen) atoms. The zero-order chi connectivity index (χ0) is 23.2. The number of hydrogen-bond acceptors (Lipinski definition) is 4. The van der Waals surface area contributed by atoms with Gasteiger partial charge in [-0.1, -0.05) is 25.3 Å². The van der Waals surface area contributed by atoms with Crippen LogP contribution in [0.2, 0.25) is 0 Å². The molecule has 0 spiro atoms. The van der Waals surface area contributed by atoms with Crippen molar-refractivity contribution >= 4 is 40.4 Å². The number of benzene rings is 2. The van der Waals surface area contributed by atoms with Gasteiger partial charge in [-0.05, 0) is 72.8 Å². The molecular weight excluding hydrogens is 434 g/mol. The third kappa shape index (κ3) is 5.68. The highest BCUT2D eigenvalue weighted by Gasteiger charge is 2.23. The minimum absolute atomic E-state index is 0.0139. The second kappa shape index (κ2) is 10.4. The number of rotatable bonds is 6. The predicted octanol–water partition coefficient (Wildman–Crippen LogP) is 5.66. The van der Waals surface area contributed by atoms with Crippen LogP contribution in [0.15, 0.2) is 66.0 Å². The van der Waals surface area contributed by atoms with Crippen molar-refractivity contribution in [3.63, 3.8) is 0 Å². The van der Waals surface area contributed by atoms with Crippen LogP contribution in [0.3, 0.4) is 0 Å². The molecule has 2 N–H and O–H groups in total. The summed E-state index contributed by atoms with van der Waals surface area (Å²) in [4.78, 5) is 40.0. The third-order valence-electron chi connectivity index (χ3n) is 5.98. The quantitative estimate of drug-likeness (QED) is 0.497. The molecule has 170 valence electrons. The standard InChI is InChI=1S/C26H27N3O3S/c1-29(22-6-3-2-4-7-22)26(32)19-11-15-20(16-12-19)27-24(30)18-9-13-21(14-10-18)28-25(31)23-8-5-17-33-23/h5,8-17,22H,2-4,6-7H2,1H3,(H,27,30)(H,28,31). The summed E-state index contributed by atoms with van der Waals surface area (Å²) in [6, 6.07) is 17.6. The summed E-state index contributed by atoms with van der Waals surface area (Å²) in [6.45, 7) is 0. The summed E-state index contributed by atoms with van der Waals surface area (Å²) in [7, 11) is 1.88. The van der Waals surface area contributed by atoms with Gasteiger partial charge in [-0.3, -0.25) is 14.4 Å². The highest BCUT2D eigenvalue weighted by molar-refractivity contribution is 7.12. The number of thiophene rings is 1. The molecule has 1 fully saturated rings. The Labute approximate surface area is 197 Å². The number of nitrogens with one attached hydrogen (secondary N) is 2. The van der Waals surface area contributed by atoms with Gasteiger partial charge in [-0.15, -0.1) is 11.3 Å². The van der Waals surface area contributed by atoms with Crippen LogP contribution in [-0.4, -0.2) is 35.7 Å². The van der Waals surface area contributed by atoms with Crippen LogP contribution in [0.1, 0.15) is 62.5 Å². The first-order chi connectivity index (χ1) is 16.0. The number of carbonyl (C=O) groups is 3. The Bertz CT molecular complexity index is 1100. The van der Waals surface area contributed by atoms with Crippen LogP contribution >= 0.6 is 11.3 Å². The molecule has 2 aromatic carbocycles. The average Bonchev–Trinajstić information content (AvgIpc) is 3.40. The molecule has 6 nitrogen and oxygen atoms in total. The molecule has 3 aromatic rings. The molecule has 7 heteroatoms. The fraction of sp³-hybridized carbons (Fsp3) is 0.269. The average molecular weight is 462 g/mol. The maximum Gasteiger partial charge on any atom is 0.265 e. The minimum Gasteiger partial charge on any atom is -0.339 e. The number of hydrogen-bond donors (Lipinski definition) is 2. The van der Waals surface area contributed by atoms with Gasteiger partial charge in [-0.2, -0.15) is 0 Å². The van der Waals surface area contributed by atoms with Gasteiger partial charge < -0.3 is 15.5 Å². The molecule has 4 rings (SSSR count). The van der Waals surface area contributed by atoms with Crippen LogP contribution < -0.4 is 10.6 Å². The van der Waals surface area contributed by atoms with E-state index >= 15 is 0 Å². The Hall–Kier alpha value is -3.45. The van der Waals surface area contributed by atoms with Crippen LogP contribution in [0.4, 0.5) is 11.4 Å². The summed E-state index contributed by atoms with van der Waals surface area (Å²) in [5.41, 5.74) is 2.33. The topological polar surface area (TPSA) is 78.5 Å². The van der Waals surface area contributed by atoms with Crippen molar-refractivity contribution in [3.05, 3.63) is 82.0 Å². The molecule has 0 bridgehead atoms. The lowest BCUT2D eigenvalue weighted by Gasteiger charge is -2.31. The molecule has 0 unspecified atom stereocenters. The summed E-state index contributed by atoms with van der Waals surface area (Å²) in [5, 5.41) is 7.51. The van der Waals surface area contributed by atoms with Crippen LogP contribution in [0, 0.1) is 0 Å². The smallest absolute Gasteiger partial charge is 0.265 e. The van der Waals surface area contributed by atoms with E-state index in [4.69, 9.17) is 0 Å². The SMILES string of the molecule is CN(C(=O)c1ccc(NC(=O)c2ccc(NC(=O)c3cccs3)cc2)cc1)C1CCCCC1. The van der Waals surface area contributed by atoms with Crippen molar-refractivity contribution in [3.8, 4) is 0 Å². The van der Waals surface area contributed by atoms with Crippen molar-refractivity contribution < 1.29 is 14.4 Å². The van der Waals surface area contributed by atoms with E-state index in [2.05, 4.69) is 10.6 Å². The molecular formula is C26H27N3O3S. The number of anilines is 2. The molecule has 1 heterocycles. The monoisotopic (exact) mass is 461 g/mol. The largest absolute Gasteiger partial charge is 0.339 e. The highest BCUT2D eigenvalue weighted by Crippen LogP contribution is 2.23. The second-order valence-corrected chi connectivity index (χ2v) is 9.20. The Morgan fingerprint density at radius 3 is 1.94 bits per heavy atom. The third-order valence-corrected chi connectivity index (χ3v) is 6.85. The van der Waals surface area contributed by atoms with Crippen molar-refractivity contribution in [2.75, 3.05) is 17.7 Å². The summed E-state index contributed by atoms with van der Waals surface area (Å²) in [5.74, 6) is -0.421. The first-order valence-corrected chi connectivity index (χ1v) is 12.0. The first kappa shape index (κ1) is 22.7. The molecule has 1 aromatic heterocycles. The van der Waals surface area contributed by atoms with Gasteiger partial charge in [0.25, 0.3) is 17.7 Å². The Morgan fingerprint density at radius 2 is 1.36 bits per heavy atom. The Morgan fingerprint density at radius 1 is 0.788 bits per heavy atom. The molecule has 1 aliphatic rings. The van der Waals surface area contributed by atoms with E-state index in [0.717, 1.165) is 12.8 Å². The van der Waals surface area contributed by atoms with Gasteiger partial charge in [0.15, 0.2) is 0 Å². The van der Waals surface area contributed by atoms with Gasteiger partial charge in [0, 0.05) is 35.6 Å². The maximum atomic E-state index is 12.8. The predicted molar refractivity (Wildman–Crippen MR) is 132 cm³/mol. The lowest BCUT2D eigenvalue weighted by Crippen LogP contribution is -2.38. The Balaban J connectivity index is 1.33. The van der Waals surface area contributed by atoms with E-state index < -0.39 is 0 Å². The molecule has 0 saturated heterocycles. The molecule has 1 aliphatic carbocycles. The molecule has 1 saturated carbocycles.